The van der Waals surface area contributed by atoms with E-state index in [2.05, 4.69) is 11.7 Å². The summed E-state index contributed by atoms with van der Waals surface area (Å²) in [5.74, 6) is -7.19. The van der Waals surface area contributed by atoms with Crippen molar-refractivity contribution in [3.8, 4) is 0 Å². The average Bonchev–Trinajstić information content (AvgIpc) is 2.55. The zero-order chi connectivity index (χ0) is 18.7. The predicted molar refractivity (Wildman–Crippen MR) is 76.6 cm³/mol. The summed E-state index contributed by atoms with van der Waals surface area (Å²) in [7, 11) is 0. The van der Waals surface area contributed by atoms with Crippen LogP contribution in [0.2, 0.25) is 0 Å². The van der Waals surface area contributed by atoms with Crippen molar-refractivity contribution in [3.63, 3.8) is 0 Å². The quantitative estimate of drug-likeness (QED) is 0.532. The van der Waals surface area contributed by atoms with Gasteiger partial charge in [-0.25, -0.2) is 4.79 Å². The third-order valence-corrected chi connectivity index (χ3v) is 4.96. The molecule has 1 aliphatic carbocycles. The Morgan fingerprint density at radius 2 is 1.56 bits per heavy atom. The maximum atomic E-state index is 12.8. The lowest BCUT2D eigenvalue weighted by Gasteiger charge is -2.37. The van der Waals surface area contributed by atoms with Crippen LogP contribution in [0, 0.1) is 17.8 Å². The lowest BCUT2D eigenvalue weighted by atomic mass is 9.75. The number of esters is 1. The lowest BCUT2D eigenvalue weighted by Crippen LogP contribution is -2.48. The molecular weight excluding hydrogens is 351 g/mol. The summed E-state index contributed by atoms with van der Waals surface area (Å²) in [4.78, 5) is 11.0. The molecule has 0 aromatic carbocycles. The number of carbonyl (C=O) groups excluding carboxylic acids is 1. The number of alkyl halides is 5. The van der Waals surface area contributed by atoms with Crippen LogP contribution in [-0.2, 0) is 19.0 Å². The van der Waals surface area contributed by atoms with Gasteiger partial charge in [-0.15, -0.1) is 0 Å². The van der Waals surface area contributed by atoms with Crippen LogP contribution in [0.15, 0.2) is 0 Å². The first-order chi connectivity index (χ1) is 11.6. The Morgan fingerprint density at radius 3 is 2.04 bits per heavy atom. The van der Waals surface area contributed by atoms with E-state index in [1.165, 1.54) is 6.42 Å². The van der Waals surface area contributed by atoms with Gasteiger partial charge in [0.1, 0.15) is 0 Å². The van der Waals surface area contributed by atoms with E-state index in [0.717, 1.165) is 38.0 Å². The van der Waals surface area contributed by atoms with Gasteiger partial charge in [0.15, 0.2) is 0 Å². The molecule has 0 radical (unpaired) electrons. The highest BCUT2D eigenvalue weighted by atomic mass is 19.4. The summed E-state index contributed by atoms with van der Waals surface area (Å²) in [6.45, 7) is 0.545. The van der Waals surface area contributed by atoms with Crippen molar-refractivity contribution >= 4 is 5.97 Å². The van der Waals surface area contributed by atoms with Crippen LogP contribution in [0.3, 0.4) is 0 Å². The Labute approximate surface area is 143 Å². The molecule has 2 aliphatic rings. The van der Waals surface area contributed by atoms with Crippen molar-refractivity contribution in [3.05, 3.63) is 0 Å². The molecule has 1 saturated heterocycles. The molecule has 0 atom stereocenters. The molecule has 2 rings (SSSR count). The molecule has 0 unspecified atom stereocenters. The molecule has 0 bridgehead atoms. The van der Waals surface area contributed by atoms with Gasteiger partial charge in [-0.05, 0) is 24.7 Å². The summed E-state index contributed by atoms with van der Waals surface area (Å²) >= 11 is 0. The van der Waals surface area contributed by atoms with E-state index in [9.17, 15) is 26.7 Å². The molecule has 0 N–H and O–H groups in total. The maximum absolute atomic E-state index is 12.8. The van der Waals surface area contributed by atoms with Gasteiger partial charge in [0.25, 0.3) is 0 Å². The van der Waals surface area contributed by atoms with E-state index in [0.29, 0.717) is 5.92 Å². The average molecular weight is 374 g/mol. The fraction of sp³-hybridized carbons (Fsp3) is 0.938. The van der Waals surface area contributed by atoms with Crippen molar-refractivity contribution in [1.82, 2.24) is 0 Å². The highest BCUT2D eigenvalue weighted by Crippen LogP contribution is 2.38. The molecule has 4 nitrogen and oxygen atoms in total. The van der Waals surface area contributed by atoms with E-state index >= 15 is 0 Å². The molecule has 0 spiro atoms. The molecule has 146 valence electrons. The van der Waals surface area contributed by atoms with E-state index in [1.54, 1.807) is 0 Å². The molecule has 9 heteroatoms. The van der Waals surface area contributed by atoms with E-state index in [1.807, 2.05) is 0 Å². The molecular formula is C16H23F5O4. The minimum absolute atomic E-state index is 0.0284. The minimum Gasteiger partial charge on any atom is -0.406 e. The van der Waals surface area contributed by atoms with Crippen LogP contribution in [0.4, 0.5) is 22.0 Å². The largest absolute Gasteiger partial charge is 0.465 e. The smallest absolute Gasteiger partial charge is 0.406 e. The van der Waals surface area contributed by atoms with Gasteiger partial charge in [-0.1, -0.05) is 32.6 Å². The Balaban J connectivity index is 1.76. The number of hydrogen-bond acceptors (Lipinski definition) is 4. The van der Waals surface area contributed by atoms with Crippen molar-refractivity contribution in [2.75, 3.05) is 13.2 Å². The number of rotatable bonds is 5. The summed E-state index contributed by atoms with van der Waals surface area (Å²) in [5.41, 5.74) is 0. The first-order valence-electron chi connectivity index (χ1n) is 8.54. The number of hydrogen-bond donors (Lipinski definition) is 0. The molecule has 0 aromatic heterocycles. The fourth-order valence-electron chi connectivity index (χ4n) is 3.47. The van der Waals surface area contributed by atoms with Gasteiger partial charge in [0.2, 0.25) is 0 Å². The monoisotopic (exact) mass is 374 g/mol. The SMILES string of the molecule is CCCC1CCC(C2COC(OC(=O)C(F)(F)C(F)(F)F)OC2)CC1. The van der Waals surface area contributed by atoms with Gasteiger partial charge in [-0.2, -0.15) is 22.0 Å². The first kappa shape index (κ1) is 20.4. The Bertz CT molecular complexity index is 438. The highest BCUT2D eigenvalue weighted by Gasteiger charge is 2.65. The minimum atomic E-state index is -6.02. The predicted octanol–water partition coefficient (Wildman–Crippen LogP) is 4.28. The fourth-order valence-corrected chi connectivity index (χ4v) is 3.47. The van der Waals surface area contributed by atoms with Crippen molar-refractivity contribution < 1.29 is 41.0 Å². The molecule has 25 heavy (non-hydrogen) atoms. The van der Waals surface area contributed by atoms with Crippen LogP contribution < -0.4 is 0 Å². The third-order valence-electron chi connectivity index (χ3n) is 4.96. The number of ether oxygens (including phenoxy) is 3. The zero-order valence-corrected chi connectivity index (χ0v) is 14.0. The van der Waals surface area contributed by atoms with Gasteiger partial charge in [0, 0.05) is 5.92 Å². The van der Waals surface area contributed by atoms with Crippen LogP contribution in [0.1, 0.15) is 45.4 Å². The molecule has 2 fully saturated rings. The van der Waals surface area contributed by atoms with Crippen molar-refractivity contribution in [2.45, 2.75) is 64.0 Å². The number of carbonyl (C=O) groups is 1. The topological polar surface area (TPSA) is 44.8 Å². The van der Waals surface area contributed by atoms with Crippen molar-refractivity contribution in [2.24, 2.45) is 17.8 Å². The van der Waals surface area contributed by atoms with Crippen LogP contribution in [-0.4, -0.2) is 37.8 Å². The lowest BCUT2D eigenvalue weighted by molar-refractivity contribution is -0.335. The second kappa shape index (κ2) is 8.16. The van der Waals surface area contributed by atoms with Gasteiger partial charge in [-0.3, -0.25) is 0 Å². The van der Waals surface area contributed by atoms with Crippen LogP contribution in [0.5, 0.6) is 0 Å². The second-order valence-corrected chi connectivity index (χ2v) is 6.76. The second-order valence-electron chi connectivity index (χ2n) is 6.76. The molecule has 0 aromatic rings. The standard InChI is InChI=1S/C16H23F5O4/c1-2-3-10-4-6-11(7-5-10)12-8-23-14(24-9-12)25-13(22)15(17,18)16(19,20)21/h10-12,14H,2-9H2,1H3. The molecule has 1 saturated carbocycles. The molecule has 0 amide bonds. The Hall–Kier alpha value is -0.960. The molecule has 1 aliphatic heterocycles. The van der Waals surface area contributed by atoms with Gasteiger partial charge < -0.3 is 14.2 Å². The third kappa shape index (κ3) is 5.03. The number of halogens is 5. The summed E-state index contributed by atoms with van der Waals surface area (Å²) in [6.07, 6.45) is 0.600. The highest BCUT2D eigenvalue weighted by molar-refractivity contribution is 5.78. The summed E-state index contributed by atoms with van der Waals surface area (Å²) < 4.78 is 76.0. The normalized spacial score (nSPS) is 31.6. The van der Waals surface area contributed by atoms with E-state index < -0.39 is 24.5 Å². The Morgan fingerprint density at radius 1 is 1.00 bits per heavy atom. The Kier molecular flexibility index (Phi) is 6.64. The summed E-state index contributed by atoms with van der Waals surface area (Å²) in [5, 5.41) is 0. The van der Waals surface area contributed by atoms with Gasteiger partial charge >= 0.3 is 24.5 Å². The van der Waals surface area contributed by atoms with Gasteiger partial charge in [0.05, 0.1) is 13.2 Å². The first-order valence-corrected chi connectivity index (χ1v) is 8.54. The van der Waals surface area contributed by atoms with E-state index in [4.69, 9.17) is 9.47 Å². The van der Waals surface area contributed by atoms with E-state index in [-0.39, 0.29) is 19.1 Å². The molecule has 1 heterocycles. The zero-order valence-electron chi connectivity index (χ0n) is 14.0. The van der Waals surface area contributed by atoms with Crippen LogP contribution >= 0.6 is 0 Å². The van der Waals surface area contributed by atoms with Crippen molar-refractivity contribution in [1.29, 1.82) is 0 Å². The summed E-state index contributed by atoms with van der Waals surface area (Å²) in [6, 6.07) is 0. The maximum Gasteiger partial charge on any atom is 0.465 e. The van der Waals surface area contributed by atoms with Crippen LogP contribution in [0.25, 0.3) is 0 Å².